The third kappa shape index (κ3) is 5.90. The van der Waals surface area contributed by atoms with Crippen molar-refractivity contribution in [2.24, 2.45) is 4.99 Å². The molecule has 0 radical (unpaired) electrons. The van der Waals surface area contributed by atoms with Crippen LogP contribution in [0.5, 0.6) is 0 Å². The normalized spacial score (nSPS) is 16.5. The molecule has 1 unspecified atom stereocenters. The Morgan fingerprint density at radius 1 is 1.36 bits per heavy atom. The van der Waals surface area contributed by atoms with Gasteiger partial charge in [-0.25, -0.2) is 4.98 Å². The molecule has 3 heterocycles. The number of aryl methyl sites for hydroxylation is 1. The Kier molecular flexibility index (Phi) is 8.60. The van der Waals surface area contributed by atoms with Gasteiger partial charge in [-0.3, -0.25) is 9.89 Å². The van der Waals surface area contributed by atoms with Gasteiger partial charge in [-0.1, -0.05) is 6.07 Å². The van der Waals surface area contributed by atoms with Crippen LogP contribution in [-0.2, 0) is 6.54 Å². The van der Waals surface area contributed by atoms with Crippen molar-refractivity contribution in [3.8, 4) is 0 Å². The van der Waals surface area contributed by atoms with Gasteiger partial charge >= 0.3 is 0 Å². The minimum Gasteiger partial charge on any atom is -0.354 e. The zero-order chi connectivity index (χ0) is 16.8. The molecule has 0 aromatic carbocycles. The van der Waals surface area contributed by atoms with E-state index in [9.17, 15) is 0 Å². The molecule has 5 nitrogen and oxygen atoms in total. The van der Waals surface area contributed by atoms with E-state index in [4.69, 9.17) is 0 Å². The van der Waals surface area contributed by atoms with Gasteiger partial charge in [0, 0.05) is 29.5 Å². The fourth-order valence-electron chi connectivity index (χ4n) is 3.02. The first kappa shape index (κ1) is 20.6. The highest BCUT2D eigenvalue weighted by molar-refractivity contribution is 14.0. The number of halogens is 1. The van der Waals surface area contributed by atoms with Gasteiger partial charge in [0.15, 0.2) is 5.96 Å². The van der Waals surface area contributed by atoms with Gasteiger partial charge in [0.25, 0.3) is 0 Å². The second-order valence-corrected chi connectivity index (χ2v) is 8.23. The van der Waals surface area contributed by atoms with Crippen LogP contribution in [0, 0.1) is 6.92 Å². The zero-order valence-corrected chi connectivity index (χ0v) is 18.7. The van der Waals surface area contributed by atoms with E-state index in [-0.39, 0.29) is 24.0 Å². The van der Waals surface area contributed by atoms with Crippen molar-refractivity contribution in [1.29, 1.82) is 0 Å². The van der Waals surface area contributed by atoms with Gasteiger partial charge in [0.2, 0.25) is 0 Å². The Balaban J connectivity index is 0.00000225. The predicted octanol–water partition coefficient (Wildman–Crippen LogP) is 3.63. The molecule has 1 saturated heterocycles. The molecule has 138 valence electrons. The summed E-state index contributed by atoms with van der Waals surface area (Å²) >= 11 is 3.56. The summed E-state index contributed by atoms with van der Waals surface area (Å²) in [6.07, 6.45) is 4.54. The van der Waals surface area contributed by atoms with E-state index in [0.717, 1.165) is 24.1 Å². The number of likely N-dealkylation sites (tertiary alicyclic amines) is 1. The summed E-state index contributed by atoms with van der Waals surface area (Å²) in [5.74, 6) is 0.849. The molecule has 1 fully saturated rings. The first-order valence-corrected chi connectivity index (χ1v) is 10.1. The second-order valence-electron chi connectivity index (χ2n) is 5.93. The van der Waals surface area contributed by atoms with Crippen LogP contribution in [0.25, 0.3) is 0 Å². The standard InChI is InChI=1S/C17H25N5S2.HI/c1-13-19-10-14(24-13)11-20-17(18-2)21-12-15(16-6-5-9-23-16)22-7-3-4-8-22;/h5-6,9-10,15H,3-4,7-8,11-12H2,1-2H3,(H2,18,20,21);1H. The third-order valence-corrected chi connectivity index (χ3v) is 6.13. The molecule has 1 aliphatic heterocycles. The predicted molar refractivity (Wildman–Crippen MR) is 118 cm³/mol. The van der Waals surface area contributed by atoms with E-state index < -0.39 is 0 Å². The van der Waals surface area contributed by atoms with Crippen LogP contribution in [-0.4, -0.2) is 42.5 Å². The SMILES string of the molecule is CN=C(NCc1cnc(C)s1)NCC(c1cccs1)N1CCCC1.I. The fraction of sp³-hybridized carbons (Fsp3) is 0.529. The number of aromatic nitrogens is 1. The molecule has 1 atom stereocenters. The molecule has 2 N–H and O–H groups in total. The maximum absolute atomic E-state index is 4.35. The minimum absolute atomic E-state index is 0. The minimum atomic E-state index is 0. The van der Waals surface area contributed by atoms with Crippen LogP contribution in [0.3, 0.4) is 0 Å². The van der Waals surface area contributed by atoms with E-state index >= 15 is 0 Å². The monoisotopic (exact) mass is 491 g/mol. The van der Waals surface area contributed by atoms with Crippen LogP contribution < -0.4 is 10.6 Å². The van der Waals surface area contributed by atoms with Crippen LogP contribution in [0.2, 0.25) is 0 Å². The fourth-order valence-corrected chi connectivity index (χ4v) is 4.61. The number of nitrogens with one attached hydrogen (secondary N) is 2. The number of thiazole rings is 1. The lowest BCUT2D eigenvalue weighted by Gasteiger charge is -2.27. The van der Waals surface area contributed by atoms with Crippen molar-refractivity contribution in [2.75, 3.05) is 26.7 Å². The van der Waals surface area contributed by atoms with E-state index in [1.54, 1.807) is 11.3 Å². The molecule has 0 aliphatic carbocycles. The molecule has 1 aliphatic rings. The Bertz CT molecular complexity index is 650. The molecule has 0 bridgehead atoms. The molecule has 0 spiro atoms. The zero-order valence-electron chi connectivity index (χ0n) is 14.7. The quantitative estimate of drug-likeness (QED) is 0.368. The summed E-state index contributed by atoms with van der Waals surface area (Å²) in [6.45, 7) is 6.05. The van der Waals surface area contributed by atoms with Crippen molar-refractivity contribution in [3.63, 3.8) is 0 Å². The highest BCUT2D eigenvalue weighted by Gasteiger charge is 2.24. The molecular weight excluding hydrogens is 465 g/mol. The molecular formula is C17H26IN5S2. The average Bonchev–Trinajstić information content (AvgIpc) is 3.33. The third-order valence-electron chi connectivity index (χ3n) is 4.24. The van der Waals surface area contributed by atoms with Gasteiger partial charge in [-0.15, -0.1) is 46.7 Å². The number of thiophene rings is 1. The van der Waals surface area contributed by atoms with Crippen molar-refractivity contribution < 1.29 is 0 Å². The highest BCUT2D eigenvalue weighted by atomic mass is 127. The van der Waals surface area contributed by atoms with Crippen molar-refractivity contribution >= 4 is 52.6 Å². The molecule has 0 saturated carbocycles. The van der Waals surface area contributed by atoms with E-state index in [2.05, 4.69) is 43.0 Å². The van der Waals surface area contributed by atoms with Crippen molar-refractivity contribution in [1.82, 2.24) is 20.5 Å². The lowest BCUT2D eigenvalue weighted by molar-refractivity contribution is 0.249. The number of rotatable bonds is 6. The Labute approximate surface area is 175 Å². The summed E-state index contributed by atoms with van der Waals surface area (Å²) in [5.41, 5.74) is 0. The maximum Gasteiger partial charge on any atom is 0.191 e. The number of aliphatic imine (C=N–C) groups is 1. The summed E-state index contributed by atoms with van der Waals surface area (Å²) in [7, 11) is 1.82. The summed E-state index contributed by atoms with van der Waals surface area (Å²) < 4.78 is 0. The van der Waals surface area contributed by atoms with Crippen LogP contribution >= 0.6 is 46.7 Å². The van der Waals surface area contributed by atoms with Gasteiger partial charge in [0.1, 0.15) is 0 Å². The number of nitrogens with zero attached hydrogens (tertiary/aromatic N) is 3. The topological polar surface area (TPSA) is 52.6 Å². The van der Waals surface area contributed by atoms with E-state index in [1.807, 2.05) is 31.5 Å². The van der Waals surface area contributed by atoms with E-state index in [1.165, 1.54) is 35.7 Å². The first-order valence-electron chi connectivity index (χ1n) is 8.39. The molecule has 8 heteroatoms. The summed E-state index contributed by atoms with van der Waals surface area (Å²) in [5, 5.41) is 10.1. The van der Waals surface area contributed by atoms with E-state index in [0.29, 0.717) is 6.04 Å². The largest absolute Gasteiger partial charge is 0.354 e. The van der Waals surface area contributed by atoms with Gasteiger partial charge in [0.05, 0.1) is 17.6 Å². The van der Waals surface area contributed by atoms with Crippen LogP contribution in [0.1, 0.15) is 33.6 Å². The number of hydrogen-bond donors (Lipinski definition) is 2. The Hall–Kier alpha value is -0.710. The average molecular weight is 491 g/mol. The molecule has 3 rings (SSSR count). The van der Waals surface area contributed by atoms with Gasteiger partial charge in [-0.05, 0) is 44.3 Å². The first-order chi connectivity index (χ1) is 11.8. The summed E-state index contributed by atoms with van der Waals surface area (Å²) in [4.78, 5) is 13.9. The smallest absolute Gasteiger partial charge is 0.191 e. The molecule has 0 amide bonds. The van der Waals surface area contributed by atoms with Gasteiger partial charge < -0.3 is 10.6 Å². The Morgan fingerprint density at radius 2 is 2.16 bits per heavy atom. The lowest BCUT2D eigenvalue weighted by Crippen LogP contribution is -2.42. The highest BCUT2D eigenvalue weighted by Crippen LogP contribution is 2.27. The lowest BCUT2D eigenvalue weighted by atomic mass is 10.2. The van der Waals surface area contributed by atoms with Crippen molar-refractivity contribution in [2.45, 2.75) is 32.4 Å². The number of hydrogen-bond acceptors (Lipinski definition) is 5. The van der Waals surface area contributed by atoms with Crippen molar-refractivity contribution in [3.05, 3.63) is 38.5 Å². The molecule has 2 aromatic rings. The van der Waals surface area contributed by atoms with Gasteiger partial charge in [-0.2, -0.15) is 0 Å². The maximum atomic E-state index is 4.35. The Morgan fingerprint density at radius 3 is 2.76 bits per heavy atom. The van der Waals surface area contributed by atoms with Crippen LogP contribution in [0.4, 0.5) is 0 Å². The summed E-state index contributed by atoms with van der Waals surface area (Å²) in [6, 6.07) is 4.81. The second kappa shape index (κ2) is 10.4. The molecule has 2 aromatic heterocycles. The van der Waals surface area contributed by atoms with Crippen LogP contribution in [0.15, 0.2) is 28.7 Å². The number of guanidine groups is 1. The molecule has 25 heavy (non-hydrogen) atoms.